The molecule has 0 aromatic carbocycles. The highest BCUT2D eigenvalue weighted by molar-refractivity contribution is 7.99. The first-order chi connectivity index (χ1) is 6.99. The number of H-pyrrole nitrogens is 1. The number of rotatable bonds is 4. The Kier molecular flexibility index (Phi) is 3.25. The molecule has 1 aromatic rings. The van der Waals surface area contributed by atoms with Gasteiger partial charge in [0.25, 0.3) is 11.8 Å². The van der Waals surface area contributed by atoms with Crippen molar-refractivity contribution in [3.63, 3.8) is 0 Å². The summed E-state index contributed by atoms with van der Waals surface area (Å²) in [5.74, 6) is -0.682. The predicted octanol–water partition coefficient (Wildman–Crippen LogP) is -0.0933. The molecule has 15 heavy (non-hydrogen) atoms. The van der Waals surface area contributed by atoms with Crippen LogP contribution in [0.3, 0.4) is 0 Å². The van der Waals surface area contributed by atoms with Gasteiger partial charge in [0.2, 0.25) is 0 Å². The summed E-state index contributed by atoms with van der Waals surface area (Å²) in [4.78, 5) is 24.9. The fourth-order valence-electron chi connectivity index (χ4n) is 1.24. The van der Waals surface area contributed by atoms with E-state index in [-0.39, 0.29) is 16.9 Å². The molecule has 0 saturated carbocycles. The first-order valence-corrected chi connectivity index (χ1v) is 5.21. The van der Waals surface area contributed by atoms with E-state index in [1.165, 1.54) is 11.8 Å². The molecule has 0 fully saturated rings. The molecule has 7 heteroatoms. The van der Waals surface area contributed by atoms with E-state index in [1.807, 2.05) is 6.92 Å². The maximum Gasteiger partial charge on any atom is 0.253 e. The standard InChI is InChI=1S/C8H12N4O2S/c1-2-15-8-4(7(11)14)3(6(10)13)5(9)12-8/h12H,2,9H2,1H3,(H2,10,13)(H2,11,14). The number of hydrogen-bond acceptors (Lipinski definition) is 4. The minimum atomic E-state index is -0.763. The molecule has 2 amide bonds. The van der Waals surface area contributed by atoms with E-state index in [9.17, 15) is 9.59 Å². The van der Waals surface area contributed by atoms with Gasteiger partial charge < -0.3 is 22.2 Å². The summed E-state index contributed by atoms with van der Waals surface area (Å²) < 4.78 is 0. The topological polar surface area (TPSA) is 128 Å². The third-order valence-corrected chi connectivity index (χ3v) is 2.66. The average molecular weight is 228 g/mol. The smallest absolute Gasteiger partial charge is 0.253 e. The lowest BCUT2D eigenvalue weighted by molar-refractivity contribution is 0.0967. The van der Waals surface area contributed by atoms with Crippen LogP contribution < -0.4 is 17.2 Å². The molecule has 1 rings (SSSR count). The molecule has 6 nitrogen and oxygen atoms in total. The third kappa shape index (κ3) is 2.07. The van der Waals surface area contributed by atoms with Crippen molar-refractivity contribution in [3.8, 4) is 0 Å². The minimum Gasteiger partial charge on any atom is -0.385 e. The van der Waals surface area contributed by atoms with E-state index in [0.717, 1.165) is 5.75 Å². The normalized spacial score (nSPS) is 10.2. The van der Waals surface area contributed by atoms with Crippen molar-refractivity contribution in [2.45, 2.75) is 11.9 Å². The number of aromatic amines is 1. The molecule has 0 saturated heterocycles. The van der Waals surface area contributed by atoms with Crippen LogP contribution in [0.5, 0.6) is 0 Å². The van der Waals surface area contributed by atoms with Gasteiger partial charge in [-0.15, -0.1) is 11.8 Å². The quantitative estimate of drug-likeness (QED) is 0.536. The maximum absolute atomic E-state index is 11.2. The van der Waals surface area contributed by atoms with Crippen molar-refractivity contribution >= 4 is 29.4 Å². The Morgan fingerprint density at radius 2 is 1.80 bits per heavy atom. The Hall–Kier alpha value is -1.63. The second-order valence-electron chi connectivity index (χ2n) is 2.78. The number of primary amides is 2. The van der Waals surface area contributed by atoms with Crippen molar-refractivity contribution in [2.75, 3.05) is 11.5 Å². The number of nitrogen functional groups attached to an aromatic ring is 1. The molecular formula is C8H12N4O2S. The summed E-state index contributed by atoms with van der Waals surface area (Å²) in [6, 6.07) is 0. The Morgan fingerprint density at radius 3 is 2.20 bits per heavy atom. The maximum atomic E-state index is 11.2. The van der Waals surface area contributed by atoms with E-state index in [2.05, 4.69) is 4.98 Å². The Morgan fingerprint density at radius 1 is 1.27 bits per heavy atom. The lowest BCUT2D eigenvalue weighted by Gasteiger charge is -1.99. The van der Waals surface area contributed by atoms with Crippen LogP contribution in [-0.2, 0) is 0 Å². The van der Waals surface area contributed by atoms with Crippen LogP contribution >= 0.6 is 11.8 Å². The van der Waals surface area contributed by atoms with Crippen LogP contribution in [0.1, 0.15) is 27.6 Å². The van der Waals surface area contributed by atoms with Crippen LogP contribution in [0.4, 0.5) is 5.82 Å². The Bertz CT molecular complexity index is 413. The van der Waals surface area contributed by atoms with Crippen molar-refractivity contribution in [1.82, 2.24) is 4.98 Å². The SMILES string of the molecule is CCSc1[nH]c(N)c(C(N)=O)c1C(N)=O. The number of aromatic nitrogens is 1. The summed E-state index contributed by atoms with van der Waals surface area (Å²) >= 11 is 1.34. The molecule has 1 heterocycles. The van der Waals surface area contributed by atoms with Gasteiger partial charge in [0, 0.05) is 0 Å². The number of nitrogens with one attached hydrogen (secondary N) is 1. The van der Waals surface area contributed by atoms with Gasteiger partial charge in [-0.2, -0.15) is 0 Å². The molecule has 0 radical (unpaired) electrons. The fraction of sp³-hybridized carbons (Fsp3) is 0.250. The first-order valence-electron chi connectivity index (χ1n) is 4.22. The Balaban J connectivity index is 3.37. The number of nitrogens with two attached hydrogens (primary N) is 3. The van der Waals surface area contributed by atoms with Crippen molar-refractivity contribution < 1.29 is 9.59 Å². The van der Waals surface area contributed by atoms with Gasteiger partial charge in [0.15, 0.2) is 0 Å². The second-order valence-corrected chi connectivity index (χ2v) is 4.05. The molecule has 0 spiro atoms. The van der Waals surface area contributed by atoms with Crippen LogP contribution in [0, 0.1) is 0 Å². The number of carbonyl (C=O) groups excluding carboxylic acids is 2. The summed E-state index contributed by atoms with van der Waals surface area (Å²) in [5.41, 5.74) is 15.8. The molecule has 0 aliphatic carbocycles. The second kappa shape index (κ2) is 4.26. The van der Waals surface area contributed by atoms with E-state index >= 15 is 0 Å². The molecule has 82 valence electrons. The van der Waals surface area contributed by atoms with E-state index in [4.69, 9.17) is 17.2 Å². The van der Waals surface area contributed by atoms with Gasteiger partial charge in [0.05, 0.1) is 16.2 Å². The highest BCUT2D eigenvalue weighted by atomic mass is 32.2. The molecule has 0 unspecified atom stereocenters. The molecular weight excluding hydrogens is 216 g/mol. The van der Waals surface area contributed by atoms with Gasteiger partial charge in [-0.05, 0) is 5.75 Å². The lowest BCUT2D eigenvalue weighted by atomic mass is 10.1. The monoisotopic (exact) mass is 228 g/mol. The number of carbonyl (C=O) groups is 2. The zero-order valence-electron chi connectivity index (χ0n) is 8.16. The van der Waals surface area contributed by atoms with Gasteiger partial charge in [0.1, 0.15) is 5.82 Å². The third-order valence-electron chi connectivity index (χ3n) is 1.78. The van der Waals surface area contributed by atoms with Gasteiger partial charge in [-0.3, -0.25) is 9.59 Å². The van der Waals surface area contributed by atoms with Crippen LogP contribution in [-0.4, -0.2) is 22.6 Å². The first kappa shape index (κ1) is 11.4. The molecule has 0 aliphatic rings. The van der Waals surface area contributed by atoms with Crippen molar-refractivity contribution in [1.29, 1.82) is 0 Å². The van der Waals surface area contributed by atoms with E-state index in [0.29, 0.717) is 5.03 Å². The number of anilines is 1. The molecule has 0 bridgehead atoms. The van der Waals surface area contributed by atoms with E-state index < -0.39 is 11.8 Å². The van der Waals surface area contributed by atoms with Gasteiger partial charge >= 0.3 is 0 Å². The summed E-state index contributed by atoms with van der Waals surface area (Å²) in [6.07, 6.45) is 0. The zero-order chi connectivity index (χ0) is 11.6. The minimum absolute atomic E-state index is 0.0292. The number of hydrogen-bond donors (Lipinski definition) is 4. The highest BCUT2D eigenvalue weighted by Gasteiger charge is 2.23. The molecule has 0 atom stereocenters. The summed E-state index contributed by atoms with van der Waals surface area (Å²) in [7, 11) is 0. The average Bonchev–Trinajstić information content (AvgIpc) is 2.42. The summed E-state index contributed by atoms with van der Waals surface area (Å²) in [6.45, 7) is 1.90. The van der Waals surface area contributed by atoms with Gasteiger partial charge in [-0.25, -0.2) is 0 Å². The van der Waals surface area contributed by atoms with Crippen molar-refractivity contribution in [2.24, 2.45) is 11.5 Å². The van der Waals surface area contributed by atoms with E-state index in [1.54, 1.807) is 0 Å². The van der Waals surface area contributed by atoms with Crippen LogP contribution in [0.15, 0.2) is 5.03 Å². The lowest BCUT2D eigenvalue weighted by Crippen LogP contribution is -2.20. The van der Waals surface area contributed by atoms with Crippen LogP contribution in [0.25, 0.3) is 0 Å². The fourth-order valence-corrected chi connectivity index (χ4v) is 2.06. The summed E-state index contributed by atoms with van der Waals surface area (Å²) in [5, 5.41) is 0.483. The van der Waals surface area contributed by atoms with Crippen molar-refractivity contribution in [3.05, 3.63) is 11.1 Å². The van der Waals surface area contributed by atoms with Crippen LogP contribution in [0.2, 0.25) is 0 Å². The van der Waals surface area contributed by atoms with Gasteiger partial charge in [-0.1, -0.05) is 6.92 Å². The Labute approximate surface area is 90.6 Å². The highest BCUT2D eigenvalue weighted by Crippen LogP contribution is 2.28. The number of thioether (sulfide) groups is 1. The molecule has 0 aliphatic heterocycles. The number of amides is 2. The molecule has 1 aromatic heterocycles. The zero-order valence-corrected chi connectivity index (χ0v) is 8.98. The largest absolute Gasteiger partial charge is 0.385 e. The molecule has 7 N–H and O–H groups in total. The predicted molar refractivity (Wildman–Crippen MR) is 58.6 cm³/mol.